The van der Waals surface area contributed by atoms with Crippen molar-refractivity contribution in [2.75, 3.05) is 62.2 Å². The third-order valence-corrected chi connectivity index (χ3v) is 7.32. The van der Waals surface area contributed by atoms with Gasteiger partial charge in [-0.15, -0.1) is 0 Å². The van der Waals surface area contributed by atoms with E-state index in [0.717, 1.165) is 74.1 Å². The number of para-hydroxylation sites is 1. The maximum absolute atomic E-state index is 13.4. The lowest BCUT2D eigenvalue weighted by Crippen LogP contribution is -2.49. The number of nitriles is 1. The summed E-state index contributed by atoms with van der Waals surface area (Å²) in [6.07, 6.45) is 3.76. The number of benzene rings is 2. The van der Waals surface area contributed by atoms with Gasteiger partial charge in [0.25, 0.3) is 5.91 Å². The topological polar surface area (TPSA) is 71.6 Å². The van der Waals surface area contributed by atoms with Crippen molar-refractivity contribution in [1.82, 2.24) is 19.4 Å². The number of hydrogen-bond acceptors (Lipinski definition) is 6. The van der Waals surface area contributed by atoms with Crippen molar-refractivity contribution in [3.8, 4) is 6.07 Å². The Bertz CT molecular complexity index is 1260. The van der Waals surface area contributed by atoms with Crippen molar-refractivity contribution in [2.45, 2.75) is 13.5 Å². The number of piperazine rings is 2. The number of nitrogens with zero attached hydrogens (tertiary/aromatic N) is 7. The molecule has 8 nitrogen and oxygen atoms in total. The number of anilines is 2. The minimum Gasteiger partial charge on any atom is -0.368 e. The Hall–Kier alpha value is -3.83. The van der Waals surface area contributed by atoms with Crippen LogP contribution in [0.25, 0.3) is 0 Å². The normalized spacial score (nSPS) is 16.8. The highest BCUT2D eigenvalue weighted by atomic mass is 16.2. The summed E-state index contributed by atoms with van der Waals surface area (Å²) in [5.41, 5.74) is 4.74. The molecule has 2 saturated heterocycles. The van der Waals surface area contributed by atoms with E-state index < -0.39 is 0 Å². The van der Waals surface area contributed by atoms with Crippen molar-refractivity contribution in [3.63, 3.8) is 0 Å². The van der Waals surface area contributed by atoms with Gasteiger partial charge in [-0.05, 0) is 36.2 Å². The van der Waals surface area contributed by atoms with Crippen molar-refractivity contribution in [1.29, 1.82) is 5.26 Å². The molecular weight excluding hydrogens is 450 g/mol. The molecule has 3 aromatic rings. The van der Waals surface area contributed by atoms with Crippen LogP contribution in [0.5, 0.6) is 0 Å². The lowest BCUT2D eigenvalue weighted by Gasteiger charge is -2.37. The molecule has 2 fully saturated rings. The lowest BCUT2D eigenvalue weighted by atomic mass is 10.0. The van der Waals surface area contributed by atoms with E-state index in [1.807, 2.05) is 60.1 Å². The monoisotopic (exact) mass is 483 g/mol. The fourth-order valence-electron chi connectivity index (χ4n) is 5.19. The molecule has 0 unspecified atom stereocenters. The van der Waals surface area contributed by atoms with Gasteiger partial charge in [-0.3, -0.25) is 9.69 Å². The molecule has 2 aliphatic heterocycles. The highest BCUT2D eigenvalue weighted by Gasteiger charge is 2.25. The lowest BCUT2D eigenvalue weighted by molar-refractivity contribution is 0.0745. The van der Waals surface area contributed by atoms with Crippen LogP contribution in [-0.4, -0.2) is 77.6 Å². The van der Waals surface area contributed by atoms with Crippen molar-refractivity contribution in [2.24, 2.45) is 7.05 Å². The van der Waals surface area contributed by atoms with E-state index in [9.17, 15) is 10.1 Å². The van der Waals surface area contributed by atoms with E-state index in [2.05, 4.69) is 44.0 Å². The number of carbonyl (C=O) groups excluding carboxylic acids is 1. The number of imidazole rings is 1. The minimum absolute atomic E-state index is 0.117. The summed E-state index contributed by atoms with van der Waals surface area (Å²) in [6.45, 7) is 9.42. The second-order valence-electron chi connectivity index (χ2n) is 9.66. The molecule has 5 rings (SSSR count). The molecule has 0 saturated carbocycles. The van der Waals surface area contributed by atoms with Crippen molar-refractivity contribution >= 4 is 17.5 Å². The minimum atomic E-state index is 0.117. The van der Waals surface area contributed by atoms with Gasteiger partial charge in [-0.25, -0.2) is 4.98 Å². The summed E-state index contributed by atoms with van der Waals surface area (Å²) >= 11 is 0. The van der Waals surface area contributed by atoms with E-state index in [1.54, 1.807) is 0 Å². The zero-order chi connectivity index (χ0) is 25.1. The molecule has 0 aliphatic carbocycles. The molecule has 186 valence electrons. The van der Waals surface area contributed by atoms with Crippen molar-refractivity contribution < 1.29 is 4.79 Å². The third-order valence-electron chi connectivity index (χ3n) is 7.32. The molecule has 0 N–H and O–H groups in total. The molecular formula is C28H33N7O. The first-order chi connectivity index (χ1) is 17.5. The molecule has 0 spiro atoms. The molecule has 1 amide bonds. The predicted molar refractivity (Wildman–Crippen MR) is 141 cm³/mol. The number of amides is 1. The first-order valence-electron chi connectivity index (χ1n) is 12.6. The number of carbonyl (C=O) groups is 1. The first-order valence-corrected chi connectivity index (χ1v) is 12.6. The van der Waals surface area contributed by atoms with Crippen LogP contribution < -0.4 is 9.80 Å². The van der Waals surface area contributed by atoms with Gasteiger partial charge in [0.2, 0.25) is 5.95 Å². The molecule has 2 aromatic carbocycles. The summed E-state index contributed by atoms with van der Waals surface area (Å²) in [4.78, 5) is 26.8. The first kappa shape index (κ1) is 23.9. The van der Waals surface area contributed by atoms with E-state index in [1.165, 1.54) is 5.56 Å². The molecule has 0 bridgehead atoms. The zero-order valence-corrected chi connectivity index (χ0v) is 21.1. The molecule has 1 aromatic heterocycles. The molecule has 3 heterocycles. The fraction of sp³-hybridized carbons (Fsp3) is 0.393. The quantitative estimate of drug-likeness (QED) is 0.556. The number of hydrogen-bond donors (Lipinski definition) is 0. The average Bonchev–Trinajstić information content (AvgIpc) is 3.35. The van der Waals surface area contributed by atoms with Gasteiger partial charge in [-0.1, -0.05) is 24.3 Å². The van der Waals surface area contributed by atoms with Crippen LogP contribution in [0.1, 0.15) is 27.0 Å². The van der Waals surface area contributed by atoms with Gasteiger partial charge in [0, 0.05) is 83.9 Å². The largest absolute Gasteiger partial charge is 0.368 e. The van der Waals surface area contributed by atoms with Gasteiger partial charge >= 0.3 is 0 Å². The van der Waals surface area contributed by atoms with Crippen LogP contribution in [0.15, 0.2) is 54.9 Å². The molecule has 2 aliphatic rings. The maximum atomic E-state index is 13.4. The molecule has 8 heteroatoms. The van der Waals surface area contributed by atoms with Gasteiger partial charge < -0.3 is 19.3 Å². The molecule has 0 radical (unpaired) electrons. The standard InChI is InChI=1S/C28H33N7O/c1-22-7-8-23(21-32-11-13-33(14-12-32)26-6-4-3-5-24(26)20-29)19-25(22)27(36)34-15-17-35(18-16-34)28-30-9-10-31(28)2/h3-10,19H,11-18,21H2,1-2H3. The summed E-state index contributed by atoms with van der Waals surface area (Å²) in [7, 11) is 2.00. The van der Waals surface area contributed by atoms with Crippen LogP contribution in [0.3, 0.4) is 0 Å². The van der Waals surface area contributed by atoms with Crippen LogP contribution in [-0.2, 0) is 13.6 Å². The SMILES string of the molecule is Cc1ccc(CN2CCN(c3ccccc3C#N)CC2)cc1C(=O)N1CCN(c2nccn2C)CC1. The van der Waals surface area contributed by atoms with Crippen LogP contribution in [0.2, 0.25) is 0 Å². The number of rotatable bonds is 5. The second-order valence-corrected chi connectivity index (χ2v) is 9.66. The third kappa shape index (κ3) is 4.93. The zero-order valence-electron chi connectivity index (χ0n) is 21.1. The van der Waals surface area contributed by atoms with Crippen LogP contribution in [0.4, 0.5) is 11.6 Å². The van der Waals surface area contributed by atoms with Gasteiger partial charge in [0.15, 0.2) is 0 Å². The molecule has 0 atom stereocenters. The second kappa shape index (κ2) is 10.4. The van der Waals surface area contributed by atoms with Gasteiger partial charge in [-0.2, -0.15) is 5.26 Å². The maximum Gasteiger partial charge on any atom is 0.254 e. The molecule has 36 heavy (non-hydrogen) atoms. The average molecular weight is 484 g/mol. The summed E-state index contributed by atoms with van der Waals surface area (Å²) in [5, 5.41) is 9.43. The Labute approximate surface area is 213 Å². The highest BCUT2D eigenvalue weighted by Crippen LogP contribution is 2.23. The Morgan fingerprint density at radius 3 is 2.39 bits per heavy atom. The van der Waals surface area contributed by atoms with Gasteiger partial charge in [0.05, 0.1) is 11.3 Å². The van der Waals surface area contributed by atoms with E-state index in [0.29, 0.717) is 13.1 Å². The van der Waals surface area contributed by atoms with Crippen LogP contribution >= 0.6 is 0 Å². The highest BCUT2D eigenvalue weighted by molar-refractivity contribution is 5.96. The van der Waals surface area contributed by atoms with Crippen molar-refractivity contribution in [3.05, 3.63) is 77.1 Å². The summed E-state index contributed by atoms with van der Waals surface area (Å²) < 4.78 is 2.02. The van der Waals surface area contributed by atoms with Crippen LogP contribution in [0, 0.1) is 18.3 Å². The number of aryl methyl sites for hydroxylation is 2. The summed E-state index contributed by atoms with van der Waals surface area (Å²) in [5.74, 6) is 1.07. The van der Waals surface area contributed by atoms with E-state index >= 15 is 0 Å². The Kier molecular flexibility index (Phi) is 6.92. The predicted octanol–water partition coefficient (Wildman–Crippen LogP) is 2.88. The smallest absolute Gasteiger partial charge is 0.254 e. The Morgan fingerprint density at radius 1 is 0.972 bits per heavy atom. The summed E-state index contributed by atoms with van der Waals surface area (Å²) in [6, 6.07) is 16.4. The Morgan fingerprint density at radius 2 is 1.69 bits per heavy atom. The van der Waals surface area contributed by atoms with Gasteiger partial charge in [0.1, 0.15) is 6.07 Å². The Balaban J connectivity index is 1.19. The fourth-order valence-corrected chi connectivity index (χ4v) is 5.19. The van der Waals surface area contributed by atoms with E-state index in [4.69, 9.17) is 0 Å². The number of aromatic nitrogens is 2. The van der Waals surface area contributed by atoms with E-state index in [-0.39, 0.29) is 5.91 Å².